The van der Waals surface area contributed by atoms with Crippen LogP contribution in [0.25, 0.3) is 0 Å². The standard InChI is InChI=1S/C27H52O4Si/c1-7-8-9-10-11-12-13-14-15-16-17-18-19-20-21-22-24(28)26(30)25(29)23-31-32(5,6)27(2,3)4/h11-12,14-15,25-26,29-30H,7-10,13,16-23H2,1-6H3/b12-11-,15-14-. The lowest BCUT2D eigenvalue weighted by Crippen LogP contribution is -2.45. The Morgan fingerprint density at radius 2 is 1.41 bits per heavy atom. The van der Waals surface area contributed by atoms with Gasteiger partial charge in [-0.3, -0.25) is 4.79 Å². The van der Waals surface area contributed by atoms with Gasteiger partial charge in [0.2, 0.25) is 0 Å². The molecule has 0 aliphatic heterocycles. The molecule has 0 bridgehead atoms. The van der Waals surface area contributed by atoms with Crippen LogP contribution in [0.1, 0.15) is 105 Å². The molecule has 2 unspecified atom stereocenters. The molecule has 0 fully saturated rings. The van der Waals surface area contributed by atoms with Gasteiger partial charge in [0.1, 0.15) is 12.2 Å². The van der Waals surface area contributed by atoms with Gasteiger partial charge in [0, 0.05) is 6.42 Å². The van der Waals surface area contributed by atoms with Crippen LogP contribution < -0.4 is 0 Å². The maximum Gasteiger partial charge on any atom is 0.192 e. The molecule has 4 nitrogen and oxygen atoms in total. The highest BCUT2D eigenvalue weighted by Crippen LogP contribution is 2.36. The molecule has 32 heavy (non-hydrogen) atoms. The molecule has 0 saturated carbocycles. The number of aliphatic hydroxyl groups is 2. The SMILES string of the molecule is CCCCC/C=C\C/C=C\CCCCCCCC(=O)C(O)C(O)CO[Si](C)(C)C(C)(C)C. The molecule has 2 N–H and O–H groups in total. The normalized spacial score (nSPS) is 15.0. The van der Waals surface area contributed by atoms with Crippen molar-refractivity contribution in [3.63, 3.8) is 0 Å². The lowest BCUT2D eigenvalue weighted by molar-refractivity contribution is -0.134. The first-order chi connectivity index (χ1) is 15.0. The van der Waals surface area contributed by atoms with Gasteiger partial charge in [0.05, 0.1) is 6.61 Å². The number of Topliss-reactive ketones (excluding diaryl/α,β-unsaturated/α-hetero) is 1. The van der Waals surface area contributed by atoms with Gasteiger partial charge in [0.15, 0.2) is 14.1 Å². The van der Waals surface area contributed by atoms with E-state index in [9.17, 15) is 15.0 Å². The van der Waals surface area contributed by atoms with Crippen molar-refractivity contribution in [1.29, 1.82) is 0 Å². The summed E-state index contributed by atoms with van der Waals surface area (Å²) in [6, 6.07) is 0. The van der Waals surface area contributed by atoms with E-state index in [4.69, 9.17) is 4.43 Å². The molecule has 5 heteroatoms. The summed E-state index contributed by atoms with van der Waals surface area (Å²) < 4.78 is 5.93. The largest absolute Gasteiger partial charge is 0.414 e. The number of hydrogen-bond acceptors (Lipinski definition) is 4. The predicted octanol–water partition coefficient (Wildman–Crippen LogP) is 7.11. The quantitative estimate of drug-likeness (QED) is 0.120. The van der Waals surface area contributed by atoms with Crippen molar-refractivity contribution in [3.05, 3.63) is 24.3 Å². The highest BCUT2D eigenvalue weighted by molar-refractivity contribution is 6.74. The fraction of sp³-hybridized carbons (Fsp3) is 0.815. The van der Waals surface area contributed by atoms with Crippen molar-refractivity contribution in [2.75, 3.05) is 6.61 Å². The van der Waals surface area contributed by atoms with Crippen LogP contribution in [0, 0.1) is 0 Å². The van der Waals surface area contributed by atoms with Gasteiger partial charge in [0.25, 0.3) is 0 Å². The number of ketones is 1. The van der Waals surface area contributed by atoms with Gasteiger partial charge in [-0.15, -0.1) is 0 Å². The topological polar surface area (TPSA) is 66.8 Å². The Kier molecular flexibility index (Phi) is 17.3. The first-order valence-corrected chi connectivity index (χ1v) is 15.8. The van der Waals surface area contributed by atoms with E-state index in [-0.39, 0.29) is 17.4 Å². The smallest absolute Gasteiger partial charge is 0.192 e. The van der Waals surface area contributed by atoms with Crippen LogP contribution >= 0.6 is 0 Å². The Morgan fingerprint density at radius 1 is 0.875 bits per heavy atom. The zero-order valence-corrected chi connectivity index (χ0v) is 22.9. The second-order valence-electron chi connectivity index (χ2n) is 10.5. The highest BCUT2D eigenvalue weighted by atomic mass is 28.4. The van der Waals surface area contributed by atoms with Crippen LogP contribution in [0.5, 0.6) is 0 Å². The van der Waals surface area contributed by atoms with Crippen molar-refractivity contribution < 1.29 is 19.4 Å². The average Bonchev–Trinajstić information content (AvgIpc) is 2.73. The Balaban J connectivity index is 3.78. The summed E-state index contributed by atoms with van der Waals surface area (Å²) in [7, 11) is -2.00. The molecule has 2 atom stereocenters. The summed E-state index contributed by atoms with van der Waals surface area (Å²) in [4.78, 5) is 12.2. The number of unbranched alkanes of at least 4 members (excludes halogenated alkanes) is 8. The molecule has 0 saturated heterocycles. The number of rotatable bonds is 19. The first-order valence-electron chi connectivity index (χ1n) is 12.9. The van der Waals surface area contributed by atoms with Crippen LogP contribution in [0.3, 0.4) is 0 Å². The van der Waals surface area contributed by atoms with Gasteiger partial charge in [-0.25, -0.2) is 0 Å². The average molecular weight is 469 g/mol. The van der Waals surface area contributed by atoms with Gasteiger partial charge < -0.3 is 14.6 Å². The molecule has 0 radical (unpaired) electrons. The van der Waals surface area contributed by atoms with E-state index in [2.05, 4.69) is 65.1 Å². The monoisotopic (exact) mass is 468 g/mol. The minimum atomic E-state index is -2.00. The predicted molar refractivity (Wildman–Crippen MR) is 140 cm³/mol. The second-order valence-corrected chi connectivity index (χ2v) is 15.3. The van der Waals surface area contributed by atoms with E-state index in [1.807, 2.05) is 0 Å². The first kappa shape index (κ1) is 31.2. The molecule has 188 valence electrons. The zero-order valence-electron chi connectivity index (χ0n) is 21.9. The zero-order chi connectivity index (χ0) is 24.5. The molecular weight excluding hydrogens is 416 g/mol. The molecule has 0 aromatic heterocycles. The lowest BCUT2D eigenvalue weighted by Gasteiger charge is -2.37. The molecule has 0 aromatic carbocycles. The maximum absolute atomic E-state index is 12.2. The summed E-state index contributed by atoms with van der Waals surface area (Å²) in [6.07, 6.45) is 19.3. The molecule has 0 aromatic rings. The lowest BCUT2D eigenvalue weighted by atomic mass is 10.0. The van der Waals surface area contributed by atoms with E-state index >= 15 is 0 Å². The van der Waals surface area contributed by atoms with Crippen LogP contribution in [0.4, 0.5) is 0 Å². The Morgan fingerprint density at radius 3 is 1.97 bits per heavy atom. The Hall–Kier alpha value is -0.753. The van der Waals surface area contributed by atoms with Crippen molar-refractivity contribution in [1.82, 2.24) is 0 Å². The maximum atomic E-state index is 12.2. The third-order valence-corrected chi connectivity index (χ3v) is 11.0. The van der Waals surface area contributed by atoms with E-state index in [1.54, 1.807) is 0 Å². The van der Waals surface area contributed by atoms with Gasteiger partial charge in [-0.1, -0.05) is 84.1 Å². The molecule has 0 spiro atoms. The van der Waals surface area contributed by atoms with E-state index in [0.29, 0.717) is 6.42 Å². The fourth-order valence-electron chi connectivity index (χ4n) is 3.07. The molecule has 0 rings (SSSR count). The minimum absolute atomic E-state index is 0.0194. The fourth-order valence-corrected chi connectivity index (χ4v) is 4.09. The third kappa shape index (κ3) is 15.1. The van der Waals surface area contributed by atoms with E-state index in [0.717, 1.165) is 38.5 Å². The van der Waals surface area contributed by atoms with Gasteiger partial charge >= 0.3 is 0 Å². The van der Waals surface area contributed by atoms with E-state index < -0.39 is 20.5 Å². The Labute approximate surface area is 199 Å². The van der Waals surface area contributed by atoms with Crippen LogP contribution in [0.2, 0.25) is 18.1 Å². The molecular formula is C27H52O4Si. The third-order valence-electron chi connectivity index (χ3n) is 6.49. The number of aliphatic hydroxyl groups excluding tert-OH is 2. The molecule has 0 heterocycles. The number of allylic oxidation sites excluding steroid dienone is 4. The number of hydrogen-bond donors (Lipinski definition) is 2. The molecule has 0 aliphatic rings. The number of carbonyl (C=O) groups is 1. The van der Waals surface area contributed by atoms with E-state index in [1.165, 1.54) is 32.1 Å². The molecule has 0 amide bonds. The summed E-state index contributed by atoms with van der Waals surface area (Å²) in [5.74, 6) is -0.276. The molecule has 0 aliphatic carbocycles. The van der Waals surface area contributed by atoms with Crippen molar-refractivity contribution >= 4 is 14.1 Å². The van der Waals surface area contributed by atoms with Crippen molar-refractivity contribution in [2.45, 2.75) is 135 Å². The highest BCUT2D eigenvalue weighted by Gasteiger charge is 2.38. The summed E-state index contributed by atoms with van der Waals surface area (Å²) in [6.45, 7) is 12.8. The van der Waals surface area contributed by atoms with Crippen LogP contribution in [-0.4, -0.2) is 43.1 Å². The Bertz CT molecular complexity index is 534. The number of carbonyl (C=O) groups excluding carboxylic acids is 1. The minimum Gasteiger partial charge on any atom is -0.414 e. The summed E-state index contributed by atoms with van der Waals surface area (Å²) in [5.41, 5.74) is 0. The summed E-state index contributed by atoms with van der Waals surface area (Å²) in [5, 5.41) is 20.3. The van der Waals surface area contributed by atoms with Gasteiger partial charge in [-0.05, 0) is 56.7 Å². The van der Waals surface area contributed by atoms with Crippen molar-refractivity contribution in [3.8, 4) is 0 Å². The van der Waals surface area contributed by atoms with Crippen molar-refractivity contribution in [2.24, 2.45) is 0 Å². The van der Waals surface area contributed by atoms with Crippen LogP contribution in [-0.2, 0) is 9.22 Å². The second kappa shape index (κ2) is 17.7. The summed E-state index contributed by atoms with van der Waals surface area (Å²) >= 11 is 0. The van der Waals surface area contributed by atoms with Gasteiger partial charge in [-0.2, -0.15) is 0 Å². The van der Waals surface area contributed by atoms with Crippen LogP contribution in [0.15, 0.2) is 24.3 Å².